The van der Waals surface area contributed by atoms with Crippen molar-refractivity contribution in [2.45, 2.75) is 284 Å². The van der Waals surface area contributed by atoms with Gasteiger partial charge in [-0.3, -0.25) is 14.4 Å². The molecule has 0 aromatic rings. The first kappa shape index (κ1) is 63.8. The van der Waals surface area contributed by atoms with Crippen LogP contribution in [0, 0.1) is 0 Å². The van der Waals surface area contributed by atoms with Crippen molar-refractivity contribution in [2.24, 2.45) is 0 Å². The normalized spacial score (nSPS) is 12.6. The molecule has 0 radical (unpaired) electrons. The smallest absolute Gasteiger partial charge is 0.306 e. The highest BCUT2D eigenvalue weighted by molar-refractivity contribution is 5.71. The topological polar surface area (TPSA) is 78.9 Å². The van der Waals surface area contributed by atoms with E-state index in [1.54, 1.807) is 0 Å². The Morgan fingerprint density at radius 2 is 0.582 bits per heavy atom. The summed E-state index contributed by atoms with van der Waals surface area (Å²) in [7, 11) is 0. The summed E-state index contributed by atoms with van der Waals surface area (Å²) in [5.74, 6) is -0.920. The Kier molecular flexibility index (Phi) is 52.8. The van der Waals surface area contributed by atoms with Crippen LogP contribution in [0.3, 0.4) is 0 Å². The number of rotatable bonds is 51. The van der Waals surface area contributed by atoms with E-state index < -0.39 is 6.10 Å². The molecular formula is C61H106O6. The van der Waals surface area contributed by atoms with Gasteiger partial charge in [-0.2, -0.15) is 0 Å². The van der Waals surface area contributed by atoms with Crippen molar-refractivity contribution in [3.05, 3.63) is 72.9 Å². The van der Waals surface area contributed by atoms with Crippen LogP contribution in [0.15, 0.2) is 72.9 Å². The minimum absolute atomic E-state index is 0.0884. The zero-order valence-corrected chi connectivity index (χ0v) is 44.2. The highest BCUT2D eigenvalue weighted by atomic mass is 16.6. The molecule has 0 aromatic carbocycles. The van der Waals surface area contributed by atoms with Crippen molar-refractivity contribution in [3.63, 3.8) is 0 Å². The van der Waals surface area contributed by atoms with Crippen LogP contribution >= 0.6 is 0 Å². The number of hydrogen-bond donors (Lipinski definition) is 0. The molecule has 0 spiro atoms. The molecule has 386 valence electrons. The van der Waals surface area contributed by atoms with Gasteiger partial charge >= 0.3 is 17.9 Å². The highest BCUT2D eigenvalue weighted by Gasteiger charge is 2.19. The molecule has 6 heteroatoms. The molecule has 0 aliphatic carbocycles. The van der Waals surface area contributed by atoms with Gasteiger partial charge in [-0.25, -0.2) is 0 Å². The molecule has 0 aliphatic rings. The molecule has 0 amide bonds. The van der Waals surface area contributed by atoms with E-state index in [9.17, 15) is 14.4 Å². The van der Waals surface area contributed by atoms with Crippen molar-refractivity contribution in [1.82, 2.24) is 0 Å². The molecule has 0 aromatic heterocycles. The quantitative estimate of drug-likeness (QED) is 0.0262. The van der Waals surface area contributed by atoms with Crippen molar-refractivity contribution in [1.29, 1.82) is 0 Å². The van der Waals surface area contributed by atoms with E-state index >= 15 is 0 Å². The fourth-order valence-corrected chi connectivity index (χ4v) is 7.93. The summed E-state index contributed by atoms with van der Waals surface area (Å²) >= 11 is 0. The molecule has 1 atom stereocenters. The summed E-state index contributed by atoms with van der Waals surface area (Å²) in [5, 5.41) is 0. The second kappa shape index (κ2) is 55.4. The average Bonchev–Trinajstić information content (AvgIpc) is 3.33. The van der Waals surface area contributed by atoms with Crippen LogP contribution in [0.4, 0.5) is 0 Å². The van der Waals surface area contributed by atoms with Crippen LogP contribution in [-0.4, -0.2) is 37.2 Å². The first-order valence-electron chi connectivity index (χ1n) is 28.4. The number of carbonyl (C=O) groups excluding carboxylic acids is 3. The molecule has 0 saturated carbocycles. The molecular weight excluding hydrogens is 829 g/mol. The van der Waals surface area contributed by atoms with Gasteiger partial charge < -0.3 is 14.2 Å². The minimum Gasteiger partial charge on any atom is -0.462 e. The Bertz CT molecular complexity index is 1260. The third-order valence-electron chi connectivity index (χ3n) is 12.2. The summed E-state index contributed by atoms with van der Waals surface area (Å²) in [6, 6.07) is 0. The van der Waals surface area contributed by atoms with Crippen molar-refractivity contribution < 1.29 is 28.6 Å². The fraction of sp³-hybridized carbons (Fsp3) is 0.754. The van der Waals surface area contributed by atoms with E-state index in [1.807, 2.05) is 0 Å². The maximum Gasteiger partial charge on any atom is 0.306 e. The van der Waals surface area contributed by atoms with Gasteiger partial charge in [-0.15, -0.1) is 0 Å². The van der Waals surface area contributed by atoms with Crippen LogP contribution in [-0.2, 0) is 28.6 Å². The van der Waals surface area contributed by atoms with Crippen LogP contribution in [0.2, 0.25) is 0 Å². The summed E-state index contributed by atoms with van der Waals surface area (Å²) in [5.41, 5.74) is 0. The van der Waals surface area contributed by atoms with E-state index in [0.29, 0.717) is 19.3 Å². The lowest BCUT2D eigenvalue weighted by Crippen LogP contribution is -2.30. The average molecular weight is 936 g/mol. The third-order valence-corrected chi connectivity index (χ3v) is 12.2. The highest BCUT2D eigenvalue weighted by Crippen LogP contribution is 2.16. The predicted octanol–water partition coefficient (Wildman–Crippen LogP) is 19.0. The summed E-state index contributed by atoms with van der Waals surface area (Å²) in [6.45, 7) is 6.50. The van der Waals surface area contributed by atoms with Gasteiger partial charge in [0, 0.05) is 19.3 Å². The Labute approximate surface area is 414 Å². The van der Waals surface area contributed by atoms with Gasteiger partial charge in [-0.05, 0) is 89.9 Å². The standard InChI is InChI=1S/C61H106O6/c1-4-7-10-13-16-19-22-25-27-29-30-32-33-36-39-42-45-48-51-54-60(63)66-57-58(56-65-59(62)53-50-47-44-41-38-35-24-21-18-15-12-9-6-3)67-61(64)55-52-49-46-43-40-37-34-31-28-26-23-20-17-14-11-8-5-2/h7,10,16,19,21,24-25,27,30,32,36,39,58H,4-6,8-9,11-15,17-18,20,22-23,26,28-29,31,33-35,37-38,40-57H2,1-3H3/b10-7+,19-16+,24-21+,27-25+,32-30+,39-36+/t58-/m1/s1. The molecule has 0 fully saturated rings. The van der Waals surface area contributed by atoms with Gasteiger partial charge in [0.15, 0.2) is 6.10 Å². The van der Waals surface area contributed by atoms with Gasteiger partial charge in [0.1, 0.15) is 13.2 Å². The molecule has 67 heavy (non-hydrogen) atoms. The fourth-order valence-electron chi connectivity index (χ4n) is 7.93. The summed E-state index contributed by atoms with van der Waals surface area (Å²) < 4.78 is 16.8. The number of esters is 3. The lowest BCUT2D eigenvalue weighted by molar-refractivity contribution is -0.167. The van der Waals surface area contributed by atoms with Gasteiger partial charge in [0.2, 0.25) is 0 Å². The largest absolute Gasteiger partial charge is 0.462 e. The third kappa shape index (κ3) is 53.7. The molecule has 0 N–H and O–H groups in total. The number of unbranched alkanes of at least 4 members (excludes halogenated alkanes) is 28. The minimum atomic E-state index is -0.791. The molecule has 0 saturated heterocycles. The molecule has 0 rings (SSSR count). The number of ether oxygens (including phenoxy) is 3. The molecule has 0 bridgehead atoms. The second-order valence-corrected chi connectivity index (χ2v) is 18.8. The summed E-state index contributed by atoms with van der Waals surface area (Å²) in [4.78, 5) is 38.1. The van der Waals surface area contributed by atoms with Crippen LogP contribution in [0.5, 0.6) is 0 Å². The van der Waals surface area contributed by atoms with Crippen LogP contribution in [0.1, 0.15) is 278 Å². The first-order chi connectivity index (χ1) is 33.0. The maximum atomic E-state index is 12.8. The Morgan fingerprint density at radius 1 is 0.313 bits per heavy atom. The number of hydrogen-bond acceptors (Lipinski definition) is 6. The monoisotopic (exact) mass is 935 g/mol. The van der Waals surface area contributed by atoms with E-state index in [2.05, 4.69) is 93.7 Å². The Hall–Kier alpha value is -3.15. The van der Waals surface area contributed by atoms with Gasteiger partial charge in [0.05, 0.1) is 0 Å². The van der Waals surface area contributed by atoms with Gasteiger partial charge in [0.25, 0.3) is 0 Å². The second-order valence-electron chi connectivity index (χ2n) is 18.8. The zero-order chi connectivity index (χ0) is 48.6. The molecule has 0 aliphatic heterocycles. The van der Waals surface area contributed by atoms with Crippen molar-refractivity contribution in [3.8, 4) is 0 Å². The van der Waals surface area contributed by atoms with Gasteiger partial charge in [-0.1, -0.05) is 241 Å². The van der Waals surface area contributed by atoms with E-state index in [-0.39, 0.29) is 31.1 Å². The van der Waals surface area contributed by atoms with Crippen molar-refractivity contribution >= 4 is 17.9 Å². The van der Waals surface area contributed by atoms with E-state index in [1.165, 1.54) is 135 Å². The predicted molar refractivity (Wildman–Crippen MR) is 288 cm³/mol. The SMILES string of the molecule is CC/C=C/C/C=C/C/C=C/C/C=C/C/C=C/CCCCCC(=O)OC[C@@H](COC(=O)CCCCCCC/C=C/CCCCCC)OC(=O)CCCCCCCCCCCCCCCCCCC. The lowest BCUT2D eigenvalue weighted by atomic mass is 10.0. The molecule has 0 heterocycles. The Morgan fingerprint density at radius 3 is 0.955 bits per heavy atom. The number of carbonyl (C=O) groups is 3. The van der Waals surface area contributed by atoms with E-state index in [0.717, 1.165) is 103 Å². The van der Waals surface area contributed by atoms with Crippen LogP contribution < -0.4 is 0 Å². The van der Waals surface area contributed by atoms with Crippen molar-refractivity contribution in [2.75, 3.05) is 13.2 Å². The maximum absolute atomic E-state index is 12.8. The molecule has 0 unspecified atom stereocenters. The first-order valence-corrected chi connectivity index (χ1v) is 28.4. The number of allylic oxidation sites excluding steroid dienone is 12. The zero-order valence-electron chi connectivity index (χ0n) is 44.2. The Balaban J connectivity index is 4.42. The molecule has 6 nitrogen and oxygen atoms in total. The van der Waals surface area contributed by atoms with Crippen LogP contribution in [0.25, 0.3) is 0 Å². The lowest BCUT2D eigenvalue weighted by Gasteiger charge is -2.18. The summed E-state index contributed by atoms with van der Waals surface area (Å²) in [6.07, 6.45) is 70.3. The van der Waals surface area contributed by atoms with E-state index in [4.69, 9.17) is 14.2 Å².